The van der Waals surface area contributed by atoms with Crippen molar-refractivity contribution in [1.82, 2.24) is 5.32 Å². The third-order valence-electron chi connectivity index (χ3n) is 2.31. The van der Waals surface area contributed by atoms with Crippen molar-refractivity contribution in [2.45, 2.75) is 44.9 Å². The Labute approximate surface area is 89.0 Å². The van der Waals surface area contributed by atoms with Crippen LogP contribution < -0.4 is 5.32 Å². The highest BCUT2D eigenvalue weighted by Crippen LogP contribution is 2.36. The summed E-state index contributed by atoms with van der Waals surface area (Å²) in [6.07, 6.45) is 0.738. The second-order valence-electron chi connectivity index (χ2n) is 4.45. The second-order valence-corrected chi connectivity index (χ2v) is 5.95. The molecule has 1 N–H and O–H groups in total. The minimum absolute atomic E-state index is 0.0108. The fourth-order valence-corrected chi connectivity index (χ4v) is 2.93. The summed E-state index contributed by atoms with van der Waals surface area (Å²) in [6, 6.07) is -0.340. The summed E-state index contributed by atoms with van der Waals surface area (Å²) in [5, 5.41) is 2.78. The first kappa shape index (κ1) is 11.6. The van der Waals surface area contributed by atoms with Crippen molar-refractivity contribution in [3.05, 3.63) is 0 Å². The first-order valence-electron chi connectivity index (χ1n) is 4.89. The third-order valence-corrected chi connectivity index (χ3v) is 3.66. The Kier molecular flexibility index (Phi) is 3.24. The lowest BCUT2D eigenvalue weighted by molar-refractivity contribution is -0.128. The van der Waals surface area contributed by atoms with Crippen LogP contribution in [0.4, 0.5) is 0 Å². The Balaban J connectivity index is 2.78. The van der Waals surface area contributed by atoms with Crippen LogP contribution in [-0.4, -0.2) is 21.8 Å². The summed E-state index contributed by atoms with van der Waals surface area (Å²) in [5.74, 6) is 0.405. The third kappa shape index (κ3) is 2.29. The Morgan fingerprint density at radius 2 is 2.07 bits per heavy atom. The summed E-state index contributed by atoms with van der Waals surface area (Å²) in [4.78, 5) is 23.2. The Hall–Kier alpha value is -0.510. The second kappa shape index (κ2) is 3.93. The molecule has 14 heavy (non-hydrogen) atoms. The number of hydrogen-bond donors (Lipinski definition) is 1. The minimum Gasteiger partial charge on any atom is -0.344 e. The molecular weight excluding hydrogens is 198 g/mol. The van der Waals surface area contributed by atoms with Gasteiger partial charge in [-0.05, 0) is 26.2 Å². The molecule has 0 aliphatic carbocycles. The Bertz CT molecular complexity index is 265. The van der Waals surface area contributed by atoms with Crippen LogP contribution in [0, 0.1) is 5.92 Å². The molecule has 0 aromatic rings. The number of amides is 1. The van der Waals surface area contributed by atoms with Gasteiger partial charge in [0.25, 0.3) is 0 Å². The number of rotatable bonds is 2. The maximum absolute atomic E-state index is 11.7. The van der Waals surface area contributed by atoms with Crippen LogP contribution in [0.3, 0.4) is 0 Å². The molecule has 2 atom stereocenters. The van der Waals surface area contributed by atoms with Crippen molar-refractivity contribution in [1.29, 1.82) is 0 Å². The molecule has 1 aliphatic heterocycles. The molecule has 0 bridgehead atoms. The van der Waals surface area contributed by atoms with E-state index in [1.165, 1.54) is 11.8 Å². The number of thioether (sulfide) groups is 1. The molecule has 0 aromatic carbocycles. The van der Waals surface area contributed by atoms with Crippen LogP contribution in [-0.2, 0) is 9.59 Å². The van der Waals surface area contributed by atoms with E-state index in [0.29, 0.717) is 5.92 Å². The SMILES string of the molecule is CC(C)CC1(C)SC(=O)C(C)NC1=O. The number of carbonyl (C=O) groups is 2. The predicted octanol–water partition coefficient (Wildman–Crippen LogP) is 1.57. The van der Waals surface area contributed by atoms with E-state index in [1.807, 2.05) is 6.92 Å². The van der Waals surface area contributed by atoms with Crippen molar-refractivity contribution >= 4 is 22.8 Å². The van der Waals surface area contributed by atoms with Gasteiger partial charge < -0.3 is 5.32 Å². The fourth-order valence-electron chi connectivity index (χ4n) is 1.68. The molecule has 0 radical (unpaired) electrons. The quantitative estimate of drug-likeness (QED) is 0.760. The monoisotopic (exact) mass is 215 g/mol. The topological polar surface area (TPSA) is 46.2 Å². The average molecular weight is 215 g/mol. The van der Waals surface area contributed by atoms with Crippen LogP contribution >= 0.6 is 11.8 Å². The molecular formula is C10H17NO2S. The van der Waals surface area contributed by atoms with Crippen LogP contribution in [0.5, 0.6) is 0 Å². The van der Waals surface area contributed by atoms with Gasteiger partial charge in [-0.3, -0.25) is 9.59 Å². The lowest BCUT2D eigenvalue weighted by Crippen LogP contribution is -2.54. The van der Waals surface area contributed by atoms with Gasteiger partial charge in [-0.1, -0.05) is 25.6 Å². The van der Waals surface area contributed by atoms with Gasteiger partial charge in [0.15, 0.2) is 0 Å². The molecule has 1 heterocycles. The van der Waals surface area contributed by atoms with E-state index in [4.69, 9.17) is 0 Å². The van der Waals surface area contributed by atoms with Crippen molar-refractivity contribution in [2.75, 3.05) is 0 Å². The maximum Gasteiger partial charge on any atom is 0.237 e. The number of carbonyl (C=O) groups excluding carboxylic acids is 2. The van der Waals surface area contributed by atoms with E-state index in [1.54, 1.807) is 6.92 Å². The van der Waals surface area contributed by atoms with E-state index in [9.17, 15) is 9.59 Å². The van der Waals surface area contributed by atoms with Crippen molar-refractivity contribution in [2.24, 2.45) is 5.92 Å². The molecule has 0 spiro atoms. The molecule has 1 aliphatic rings. The van der Waals surface area contributed by atoms with Gasteiger partial charge in [0.05, 0.1) is 10.8 Å². The molecule has 0 aromatic heterocycles. The van der Waals surface area contributed by atoms with E-state index in [2.05, 4.69) is 19.2 Å². The minimum atomic E-state index is -0.572. The summed E-state index contributed by atoms with van der Waals surface area (Å²) >= 11 is 1.18. The first-order valence-corrected chi connectivity index (χ1v) is 5.70. The Morgan fingerprint density at radius 3 is 2.57 bits per heavy atom. The fraction of sp³-hybridized carbons (Fsp3) is 0.800. The average Bonchev–Trinajstić information content (AvgIpc) is 1.99. The lowest BCUT2D eigenvalue weighted by Gasteiger charge is -2.34. The molecule has 0 saturated carbocycles. The molecule has 1 fully saturated rings. The van der Waals surface area contributed by atoms with Crippen LogP contribution in [0.2, 0.25) is 0 Å². The van der Waals surface area contributed by atoms with Gasteiger partial charge in [0.1, 0.15) is 0 Å². The molecule has 1 saturated heterocycles. The van der Waals surface area contributed by atoms with Crippen LogP contribution in [0.1, 0.15) is 34.1 Å². The van der Waals surface area contributed by atoms with Gasteiger partial charge >= 0.3 is 0 Å². The molecule has 80 valence electrons. The van der Waals surface area contributed by atoms with Gasteiger partial charge in [-0.15, -0.1) is 0 Å². The van der Waals surface area contributed by atoms with Gasteiger partial charge in [0, 0.05) is 0 Å². The highest BCUT2D eigenvalue weighted by atomic mass is 32.2. The van der Waals surface area contributed by atoms with Crippen molar-refractivity contribution in [3.8, 4) is 0 Å². The summed E-state index contributed by atoms with van der Waals surface area (Å²) in [6.45, 7) is 7.68. The van der Waals surface area contributed by atoms with Crippen LogP contribution in [0.25, 0.3) is 0 Å². The highest BCUT2D eigenvalue weighted by Gasteiger charge is 2.43. The molecule has 3 nitrogen and oxygen atoms in total. The smallest absolute Gasteiger partial charge is 0.237 e. The largest absolute Gasteiger partial charge is 0.344 e. The molecule has 1 rings (SSSR count). The van der Waals surface area contributed by atoms with E-state index in [-0.39, 0.29) is 17.1 Å². The molecule has 1 amide bonds. The summed E-state index contributed by atoms with van der Waals surface area (Å²) in [7, 11) is 0. The lowest BCUT2D eigenvalue weighted by atomic mass is 9.96. The Morgan fingerprint density at radius 1 is 1.50 bits per heavy atom. The van der Waals surface area contributed by atoms with Crippen molar-refractivity contribution < 1.29 is 9.59 Å². The maximum atomic E-state index is 11.7. The van der Waals surface area contributed by atoms with Gasteiger partial charge in [-0.25, -0.2) is 0 Å². The molecule has 2 unspecified atom stereocenters. The van der Waals surface area contributed by atoms with E-state index < -0.39 is 4.75 Å². The zero-order chi connectivity index (χ0) is 10.9. The zero-order valence-electron chi connectivity index (χ0n) is 9.09. The number of hydrogen-bond acceptors (Lipinski definition) is 3. The zero-order valence-corrected chi connectivity index (χ0v) is 9.90. The van der Waals surface area contributed by atoms with Gasteiger partial charge in [0.2, 0.25) is 11.0 Å². The van der Waals surface area contributed by atoms with Gasteiger partial charge in [-0.2, -0.15) is 0 Å². The summed E-state index contributed by atoms with van der Waals surface area (Å²) in [5.41, 5.74) is 0. The predicted molar refractivity (Wildman–Crippen MR) is 58.1 cm³/mol. The number of nitrogens with one attached hydrogen (secondary N) is 1. The standard InChI is InChI=1S/C10H17NO2S/c1-6(2)5-10(4)9(13)11-7(3)8(12)14-10/h6-7H,5H2,1-4H3,(H,11,13). The summed E-state index contributed by atoms with van der Waals surface area (Å²) < 4.78 is -0.572. The first-order chi connectivity index (χ1) is 6.35. The molecule has 4 heteroatoms. The van der Waals surface area contributed by atoms with E-state index >= 15 is 0 Å². The van der Waals surface area contributed by atoms with Crippen LogP contribution in [0.15, 0.2) is 0 Å². The van der Waals surface area contributed by atoms with E-state index in [0.717, 1.165) is 6.42 Å². The highest BCUT2D eigenvalue weighted by molar-refractivity contribution is 8.15. The normalized spacial score (nSPS) is 33.4. The van der Waals surface area contributed by atoms with Crippen molar-refractivity contribution in [3.63, 3.8) is 0 Å².